The number of ether oxygens (including phenoxy) is 1. The summed E-state index contributed by atoms with van der Waals surface area (Å²) < 4.78 is 5.90. The summed E-state index contributed by atoms with van der Waals surface area (Å²) in [5.74, 6) is -1.55. The van der Waals surface area contributed by atoms with E-state index in [-0.39, 0.29) is 5.75 Å². The van der Waals surface area contributed by atoms with E-state index in [1.807, 2.05) is 0 Å². The highest BCUT2D eigenvalue weighted by Gasteiger charge is 2.17. The Morgan fingerprint density at radius 1 is 1.33 bits per heavy atom. The Hall–Kier alpha value is -2.50. The third-order valence-corrected chi connectivity index (χ3v) is 2.56. The molecule has 1 aromatic heterocycles. The van der Waals surface area contributed by atoms with Crippen LogP contribution in [0.2, 0.25) is 0 Å². The van der Waals surface area contributed by atoms with Crippen molar-refractivity contribution in [3.05, 3.63) is 28.6 Å². The lowest BCUT2D eigenvalue weighted by Gasteiger charge is -2.11. The largest absolute Gasteiger partial charge is 0.508 e. The molecule has 2 N–H and O–H groups in total. The summed E-state index contributed by atoms with van der Waals surface area (Å²) in [6.45, 7) is 1.14. The van der Waals surface area contributed by atoms with E-state index in [2.05, 4.69) is 0 Å². The van der Waals surface area contributed by atoms with E-state index >= 15 is 0 Å². The van der Waals surface area contributed by atoms with Crippen molar-refractivity contribution in [3.8, 4) is 17.2 Å². The van der Waals surface area contributed by atoms with Gasteiger partial charge in [0.15, 0.2) is 5.75 Å². The number of rotatable bonds is 1. The van der Waals surface area contributed by atoms with E-state index in [4.69, 9.17) is 4.74 Å². The van der Waals surface area contributed by atoms with Crippen molar-refractivity contribution in [2.75, 3.05) is 0 Å². The lowest BCUT2D eigenvalue weighted by Crippen LogP contribution is -2.21. The van der Waals surface area contributed by atoms with Crippen LogP contribution >= 0.6 is 0 Å². The summed E-state index contributed by atoms with van der Waals surface area (Å²) in [7, 11) is 1.45. The minimum absolute atomic E-state index is 0.0304. The molecule has 6 nitrogen and oxygen atoms in total. The van der Waals surface area contributed by atoms with Gasteiger partial charge in [-0.15, -0.1) is 0 Å². The number of carbonyl (C=O) groups excluding carboxylic acids is 1. The number of aryl methyl sites for hydroxylation is 1. The molecule has 0 bridgehead atoms. The van der Waals surface area contributed by atoms with Crippen molar-refractivity contribution in [2.45, 2.75) is 6.92 Å². The van der Waals surface area contributed by atoms with Crippen LogP contribution in [0.15, 0.2) is 23.0 Å². The van der Waals surface area contributed by atoms with Gasteiger partial charge in [-0.1, -0.05) is 0 Å². The van der Waals surface area contributed by atoms with E-state index in [9.17, 15) is 19.8 Å². The van der Waals surface area contributed by atoms with Crippen LogP contribution in [0.5, 0.6) is 17.2 Å². The van der Waals surface area contributed by atoms with Crippen LogP contribution in [0.3, 0.4) is 0 Å². The summed E-state index contributed by atoms with van der Waals surface area (Å²) in [4.78, 5) is 22.8. The van der Waals surface area contributed by atoms with Gasteiger partial charge in [0.1, 0.15) is 5.75 Å². The molecule has 1 heterocycles. The second-order valence-corrected chi connectivity index (χ2v) is 3.84. The molecule has 18 heavy (non-hydrogen) atoms. The molecular formula is C12H11NO5. The molecule has 0 spiro atoms. The predicted octanol–water partition coefficient (Wildman–Crippen LogP) is 0.875. The van der Waals surface area contributed by atoms with Crippen LogP contribution < -0.4 is 10.3 Å². The average molecular weight is 249 g/mol. The fourth-order valence-corrected chi connectivity index (χ4v) is 1.72. The summed E-state index contributed by atoms with van der Waals surface area (Å²) in [6, 6.07) is 4.14. The Morgan fingerprint density at radius 3 is 2.61 bits per heavy atom. The third-order valence-electron chi connectivity index (χ3n) is 2.56. The van der Waals surface area contributed by atoms with Gasteiger partial charge in [-0.3, -0.25) is 9.59 Å². The predicted molar refractivity (Wildman–Crippen MR) is 63.8 cm³/mol. The monoisotopic (exact) mass is 249 g/mol. The molecule has 0 fully saturated rings. The van der Waals surface area contributed by atoms with Crippen LogP contribution in [-0.4, -0.2) is 20.7 Å². The number of pyridine rings is 1. The first-order valence-electron chi connectivity index (χ1n) is 5.15. The van der Waals surface area contributed by atoms with E-state index in [0.29, 0.717) is 10.9 Å². The molecule has 6 heteroatoms. The molecule has 0 saturated heterocycles. The Balaban J connectivity index is 2.87. The SMILES string of the molecule is CC(=O)Oc1c(O)c2ccc(O)cc2n(C)c1=O. The maximum atomic E-state index is 11.9. The number of hydrogen-bond acceptors (Lipinski definition) is 5. The van der Waals surface area contributed by atoms with Crippen molar-refractivity contribution in [1.82, 2.24) is 4.57 Å². The maximum absolute atomic E-state index is 11.9. The molecule has 0 amide bonds. The van der Waals surface area contributed by atoms with Gasteiger partial charge in [-0.2, -0.15) is 0 Å². The molecule has 0 unspecified atom stereocenters. The number of esters is 1. The number of phenols is 1. The Morgan fingerprint density at radius 2 is 2.00 bits per heavy atom. The molecule has 0 radical (unpaired) electrons. The molecule has 2 rings (SSSR count). The average Bonchev–Trinajstić information content (AvgIpc) is 2.31. The molecule has 0 aliphatic carbocycles. The van der Waals surface area contributed by atoms with Crippen molar-refractivity contribution in [3.63, 3.8) is 0 Å². The summed E-state index contributed by atoms with van der Waals surface area (Å²) >= 11 is 0. The van der Waals surface area contributed by atoms with Gasteiger partial charge in [0.2, 0.25) is 5.75 Å². The van der Waals surface area contributed by atoms with Crippen molar-refractivity contribution in [2.24, 2.45) is 7.05 Å². The lowest BCUT2D eigenvalue weighted by atomic mass is 10.2. The van der Waals surface area contributed by atoms with Crippen LogP contribution in [0.4, 0.5) is 0 Å². The van der Waals surface area contributed by atoms with Gasteiger partial charge in [0, 0.05) is 25.4 Å². The van der Waals surface area contributed by atoms with Gasteiger partial charge in [0.05, 0.1) is 5.52 Å². The third kappa shape index (κ3) is 1.77. The van der Waals surface area contributed by atoms with E-state index in [1.165, 1.54) is 29.8 Å². The zero-order chi connectivity index (χ0) is 13.4. The number of nitrogens with zero attached hydrogens (tertiary/aromatic N) is 1. The number of carbonyl (C=O) groups is 1. The standard InChI is InChI=1S/C12H11NO5/c1-6(14)18-11-10(16)8-4-3-7(15)5-9(8)13(2)12(11)17/h3-5,15-16H,1-2H3. The highest BCUT2D eigenvalue weighted by Crippen LogP contribution is 2.32. The Kier molecular flexibility index (Phi) is 2.70. The fraction of sp³-hybridized carbons (Fsp3) is 0.167. The molecule has 94 valence electrons. The van der Waals surface area contributed by atoms with Gasteiger partial charge in [-0.25, -0.2) is 0 Å². The first-order chi connectivity index (χ1) is 8.41. The van der Waals surface area contributed by atoms with Gasteiger partial charge < -0.3 is 19.5 Å². The number of fused-ring (bicyclic) bond motifs is 1. The molecular weight excluding hydrogens is 238 g/mol. The Labute approximate surface area is 102 Å². The smallest absolute Gasteiger partial charge is 0.308 e. The van der Waals surface area contributed by atoms with E-state index in [0.717, 1.165) is 6.92 Å². The van der Waals surface area contributed by atoms with Gasteiger partial charge in [0.25, 0.3) is 5.56 Å². The second-order valence-electron chi connectivity index (χ2n) is 3.84. The van der Waals surface area contributed by atoms with E-state index < -0.39 is 23.0 Å². The normalized spacial score (nSPS) is 10.6. The van der Waals surface area contributed by atoms with Crippen LogP contribution in [0.25, 0.3) is 10.9 Å². The van der Waals surface area contributed by atoms with Crippen molar-refractivity contribution >= 4 is 16.9 Å². The second kappa shape index (κ2) is 4.06. The topological polar surface area (TPSA) is 88.8 Å². The molecule has 0 saturated carbocycles. The first kappa shape index (κ1) is 12.0. The van der Waals surface area contributed by atoms with Crippen molar-refractivity contribution < 1.29 is 19.7 Å². The number of aromatic nitrogens is 1. The van der Waals surface area contributed by atoms with Crippen LogP contribution in [0, 0.1) is 0 Å². The minimum atomic E-state index is -0.694. The number of phenolic OH excluding ortho intramolecular Hbond substituents is 1. The molecule has 0 atom stereocenters. The minimum Gasteiger partial charge on any atom is -0.508 e. The summed E-state index contributed by atoms with van der Waals surface area (Å²) in [5.41, 5.74) is -0.311. The first-order valence-corrected chi connectivity index (χ1v) is 5.15. The summed E-state index contributed by atoms with van der Waals surface area (Å²) in [6.07, 6.45) is 0. The fourth-order valence-electron chi connectivity index (χ4n) is 1.72. The maximum Gasteiger partial charge on any atom is 0.308 e. The van der Waals surface area contributed by atoms with Crippen molar-refractivity contribution in [1.29, 1.82) is 0 Å². The molecule has 2 aromatic rings. The van der Waals surface area contributed by atoms with E-state index in [1.54, 1.807) is 0 Å². The quantitative estimate of drug-likeness (QED) is 0.732. The number of hydrogen-bond donors (Lipinski definition) is 2. The van der Waals surface area contributed by atoms with Crippen LogP contribution in [-0.2, 0) is 11.8 Å². The van der Waals surface area contributed by atoms with Gasteiger partial charge in [-0.05, 0) is 12.1 Å². The Bertz CT molecular complexity index is 702. The molecule has 0 aliphatic rings. The molecule has 0 aliphatic heterocycles. The lowest BCUT2D eigenvalue weighted by molar-refractivity contribution is -0.132. The number of benzene rings is 1. The zero-order valence-electron chi connectivity index (χ0n) is 9.80. The highest BCUT2D eigenvalue weighted by molar-refractivity contribution is 5.89. The number of aromatic hydroxyl groups is 2. The zero-order valence-corrected chi connectivity index (χ0v) is 9.80. The summed E-state index contributed by atoms with van der Waals surface area (Å²) in [5, 5.41) is 19.6. The highest BCUT2D eigenvalue weighted by atomic mass is 16.5. The van der Waals surface area contributed by atoms with Gasteiger partial charge >= 0.3 is 5.97 Å². The molecule has 1 aromatic carbocycles. The van der Waals surface area contributed by atoms with Crippen LogP contribution in [0.1, 0.15) is 6.92 Å².